The number of aliphatic hydroxyl groups is 3. The molecule has 1 aliphatic heterocycles. The van der Waals surface area contributed by atoms with Gasteiger partial charge in [-0.3, -0.25) is 0 Å². The van der Waals surface area contributed by atoms with Crippen LogP contribution in [0.2, 0.25) is 0 Å². The van der Waals surface area contributed by atoms with Gasteiger partial charge in [-0.05, 0) is 6.92 Å². The Balaban J connectivity index is 2.19. The van der Waals surface area contributed by atoms with Gasteiger partial charge in [0.25, 0.3) is 0 Å². The highest BCUT2D eigenvalue weighted by Gasteiger charge is 2.53. The molecule has 9 nitrogen and oxygen atoms in total. The zero-order valence-corrected chi connectivity index (χ0v) is 13.0. The molecular weight excluding hydrogens is 314 g/mol. The van der Waals surface area contributed by atoms with Crippen molar-refractivity contribution in [3.05, 3.63) is 18.1 Å². The average Bonchev–Trinajstić information content (AvgIpc) is 3.02. The van der Waals surface area contributed by atoms with Gasteiger partial charge < -0.3 is 36.1 Å². The van der Waals surface area contributed by atoms with Crippen molar-refractivity contribution < 1.29 is 20.1 Å². The van der Waals surface area contributed by atoms with Crippen molar-refractivity contribution in [2.45, 2.75) is 31.0 Å². The first-order valence-electron chi connectivity index (χ1n) is 7.38. The Hall–Kier alpha value is -2.22. The molecule has 0 aromatic carbocycles. The lowest BCUT2D eigenvalue weighted by molar-refractivity contribution is -0.0948. The number of rotatable bonds is 2. The van der Waals surface area contributed by atoms with Gasteiger partial charge in [0, 0.05) is 6.20 Å². The Morgan fingerprint density at radius 1 is 1.46 bits per heavy atom. The molecule has 7 N–H and O–H groups in total. The molecule has 2 aromatic heterocycles. The fourth-order valence-corrected chi connectivity index (χ4v) is 2.92. The molecule has 0 saturated carbocycles. The topological polar surface area (TPSA) is 153 Å². The van der Waals surface area contributed by atoms with Crippen molar-refractivity contribution in [2.24, 2.45) is 5.73 Å². The first-order chi connectivity index (χ1) is 11.4. The normalized spacial score (nSPS) is 29.6. The largest absolute Gasteiger partial charge is 0.394 e. The van der Waals surface area contributed by atoms with Crippen molar-refractivity contribution in [3.63, 3.8) is 0 Å². The van der Waals surface area contributed by atoms with E-state index >= 15 is 0 Å². The molecule has 0 bridgehead atoms. The Labute approximate surface area is 137 Å². The second kappa shape index (κ2) is 6.01. The number of fused-ring (bicyclic) bond motifs is 1. The van der Waals surface area contributed by atoms with Crippen LogP contribution in [0.25, 0.3) is 11.0 Å². The van der Waals surface area contributed by atoms with Crippen LogP contribution in [-0.2, 0) is 4.74 Å². The third kappa shape index (κ3) is 2.41. The SMILES string of the molecule is C[C@]1(O)[C@H](O)[C@@H](CO)O[C@H]1n1cc(C#CCN)c2c(N)ncnc21. The van der Waals surface area contributed by atoms with Crippen LogP contribution in [0.4, 0.5) is 5.82 Å². The summed E-state index contributed by atoms with van der Waals surface area (Å²) in [4.78, 5) is 8.15. The molecule has 1 aliphatic rings. The van der Waals surface area contributed by atoms with Gasteiger partial charge in [0.2, 0.25) is 0 Å². The number of nitrogens with two attached hydrogens (primary N) is 2. The van der Waals surface area contributed by atoms with Crippen LogP contribution in [0.3, 0.4) is 0 Å². The van der Waals surface area contributed by atoms with Crippen LogP contribution in [0.1, 0.15) is 18.7 Å². The third-order valence-electron chi connectivity index (χ3n) is 4.15. The van der Waals surface area contributed by atoms with Crippen molar-refractivity contribution in [2.75, 3.05) is 18.9 Å². The number of anilines is 1. The highest BCUT2D eigenvalue weighted by Crippen LogP contribution is 2.40. The zero-order chi connectivity index (χ0) is 17.5. The molecule has 4 atom stereocenters. The average molecular weight is 333 g/mol. The maximum Gasteiger partial charge on any atom is 0.167 e. The lowest BCUT2D eigenvalue weighted by Crippen LogP contribution is -2.44. The molecule has 0 radical (unpaired) electrons. The lowest BCUT2D eigenvalue weighted by atomic mass is 9.96. The van der Waals surface area contributed by atoms with Gasteiger partial charge in [-0.1, -0.05) is 11.8 Å². The predicted molar refractivity (Wildman–Crippen MR) is 85.5 cm³/mol. The van der Waals surface area contributed by atoms with Gasteiger partial charge in [0.1, 0.15) is 35.6 Å². The van der Waals surface area contributed by atoms with Crippen LogP contribution in [0.5, 0.6) is 0 Å². The highest BCUT2D eigenvalue weighted by atomic mass is 16.6. The summed E-state index contributed by atoms with van der Waals surface area (Å²) >= 11 is 0. The Morgan fingerprint density at radius 2 is 2.21 bits per heavy atom. The molecule has 1 saturated heterocycles. The van der Waals surface area contributed by atoms with Gasteiger partial charge in [-0.2, -0.15) is 0 Å². The van der Waals surface area contributed by atoms with E-state index in [1.165, 1.54) is 17.8 Å². The summed E-state index contributed by atoms with van der Waals surface area (Å²) in [6.45, 7) is 1.17. The molecule has 0 aliphatic carbocycles. The Bertz CT molecular complexity index is 822. The lowest BCUT2D eigenvalue weighted by Gasteiger charge is -2.27. The van der Waals surface area contributed by atoms with Crippen LogP contribution >= 0.6 is 0 Å². The second-order valence-electron chi connectivity index (χ2n) is 5.79. The van der Waals surface area contributed by atoms with E-state index in [1.807, 2.05) is 0 Å². The van der Waals surface area contributed by atoms with Crippen LogP contribution < -0.4 is 11.5 Å². The molecule has 2 aromatic rings. The molecule has 3 rings (SSSR count). The van der Waals surface area contributed by atoms with Crippen molar-refractivity contribution in [3.8, 4) is 11.8 Å². The summed E-state index contributed by atoms with van der Waals surface area (Å²) < 4.78 is 7.16. The fraction of sp³-hybridized carbons (Fsp3) is 0.467. The van der Waals surface area contributed by atoms with Crippen molar-refractivity contribution in [1.29, 1.82) is 0 Å². The first kappa shape index (κ1) is 16.6. The van der Waals surface area contributed by atoms with E-state index in [2.05, 4.69) is 21.8 Å². The maximum atomic E-state index is 10.7. The van der Waals surface area contributed by atoms with Crippen LogP contribution in [0.15, 0.2) is 12.5 Å². The van der Waals surface area contributed by atoms with E-state index in [9.17, 15) is 15.3 Å². The summed E-state index contributed by atoms with van der Waals surface area (Å²) in [6, 6.07) is 0. The molecule has 0 unspecified atom stereocenters. The number of hydrogen-bond acceptors (Lipinski definition) is 8. The van der Waals surface area contributed by atoms with E-state index in [-0.39, 0.29) is 12.4 Å². The smallest absolute Gasteiger partial charge is 0.167 e. The molecule has 0 amide bonds. The van der Waals surface area contributed by atoms with Crippen molar-refractivity contribution >= 4 is 16.9 Å². The van der Waals surface area contributed by atoms with E-state index in [4.69, 9.17) is 16.2 Å². The number of ether oxygens (including phenoxy) is 1. The molecular formula is C15H19N5O4. The fourth-order valence-electron chi connectivity index (χ4n) is 2.92. The van der Waals surface area contributed by atoms with E-state index < -0.39 is 30.6 Å². The minimum atomic E-state index is -1.64. The van der Waals surface area contributed by atoms with Gasteiger partial charge in [-0.25, -0.2) is 9.97 Å². The monoisotopic (exact) mass is 333 g/mol. The van der Waals surface area contributed by atoms with Crippen LogP contribution in [-0.4, -0.2) is 60.8 Å². The number of aromatic nitrogens is 3. The maximum absolute atomic E-state index is 10.7. The summed E-state index contributed by atoms with van der Waals surface area (Å²) in [6.07, 6.45) is -0.250. The summed E-state index contributed by atoms with van der Waals surface area (Å²) in [7, 11) is 0. The quantitative estimate of drug-likeness (QED) is 0.409. The van der Waals surface area contributed by atoms with Gasteiger partial charge in [0.15, 0.2) is 6.23 Å². The van der Waals surface area contributed by atoms with E-state index in [1.54, 1.807) is 6.20 Å². The standard InChI is InChI=1S/C15H19N5O4/c1-15(23)11(22)9(6-21)24-14(15)20-5-8(3-2-4-16)10-12(17)18-7-19-13(10)20/h5,7,9,11,14,21-23H,4,6,16H2,1H3,(H2,17,18,19)/t9-,11-,14-,15+/m1/s1. The van der Waals surface area contributed by atoms with E-state index in [0.29, 0.717) is 16.6 Å². The molecule has 1 fully saturated rings. The first-order valence-corrected chi connectivity index (χ1v) is 7.38. The third-order valence-corrected chi connectivity index (χ3v) is 4.15. The highest BCUT2D eigenvalue weighted by molar-refractivity contribution is 5.92. The molecule has 0 spiro atoms. The predicted octanol–water partition coefficient (Wildman–Crippen LogP) is -1.67. The number of hydrogen-bond donors (Lipinski definition) is 5. The number of nitrogen functional groups attached to an aromatic ring is 1. The molecule has 24 heavy (non-hydrogen) atoms. The molecule has 9 heteroatoms. The summed E-state index contributed by atoms with van der Waals surface area (Å²) in [5.41, 5.74) is 10.6. The zero-order valence-electron chi connectivity index (χ0n) is 13.0. The molecule has 128 valence electrons. The van der Waals surface area contributed by atoms with Gasteiger partial charge >= 0.3 is 0 Å². The Kier molecular flexibility index (Phi) is 4.16. The van der Waals surface area contributed by atoms with Crippen LogP contribution in [0, 0.1) is 11.8 Å². The number of aliphatic hydroxyl groups excluding tert-OH is 2. The summed E-state index contributed by atoms with van der Waals surface area (Å²) in [5.74, 6) is 5.86. The minimum Gasteiger partial charge on any atom is -0.394 e. The molecule has 3 heterocycles. The Morgan fingerprint density at radius 3 is 2.83 bits per heavy atom. The van der Waals surface area contributed by atoms with Gasteiger partial charge in [0.05, 0.1) is 24.1 Å². The summed E-state index contributed by atoms with van der Waals surface area (Å²) in [5, 5.41) is 30.7. The van der Waals surface area contributed by atoms with E-state index in [0.717, 1.165) is 0 Å². The van der Waals surface area contributed by atoms with Gasteiger partial charge in [-0.15, -0.1) is 0 Å². The minimum absolute atomic E-state index is 0.170. The number of nitrogens with zero attached hydrogens (tertiary/aromatic N) is 3. The van der Waals surface area contributed by atoms with Crippen molar-refractivity contribution in [1.82, 2.24) is 14.5 Å². The second-order valence-corrected chi connectivity index (χ2v) is 5.79.